The molecular formula is C13H20O10. The van der Waals surface area contributed by atoms with Crippen LogP contribution in [0.2, 0.25) is 0 Å². The van der Waals surface area contributed by atoms with E-state index in [1.54, 1.807) is 0 Å². The Morgan fingerprint density at radius 3 is 1.43 bits per heavy atom. The number of esters is 4. The van der Waals surface area contributed by atoms with Crippen LogP contribution in [0.1, 0.15) is 20.3 Å². The molecule has 0 amide bonds. The topological polar surface area (TPSA) is 146 Å². The highest BCUT2D eigenvalue weighted by molar-refractivity contribution is 5.93. The van der Waals surface area contributed by atoms with Crippen LogP contribution in [0.3, 0.4) is 0 Å². The zero-order valence-corrected chi connectivity index (χ0v) is 12.9. The molecule has 23 heavy (non-hydrogen) atoms. The number of hydrogen-bond acceptors (Lipinski definition) is 10. The summed E-state index contributed by atoms with van der Waals surface area (Å²) >= 11 is 0. The smallest absolute Gasteiger partial charge is 0.347 e. The molecule has 0 spiro atoms. The van der Waals surface area contributed by atoms with Crippen molar-refractivity contribution in [3.05, 3.63) is 0 Å². The van der Waals surface area contributed by atoms with Crippen LogP contribution in [0.25, 0.3) is 0 Å². The van der Waals surface area contributed by atoms with Gasteiger partial charge in [-0.3, -0.25) is 9.59 Å². The zero-order valence-electron chi connectivity index (χ0n) is 12.9. The number of aliphatic hydroxyl groups is 2. The van der Waals surface area contributed by atoms with Crippen LogP contribution >= 0.6 is 0 Å². The maximum atomic E-state index is 11.4. The Balaban J connectivity index is 4.16. The lowest BCUT2D eigenvalue weighted by Crippen LogP contribution is -2.30. The standard InChI is InChI=1S/C13H20O10/c1-8(12(18)20-5-3-14)22-10(16)7-11(17)23-9(2)13(19)21-6-4-15/h8-9,14-15H,3-7H2,1-2H3. The van der Waals surface area contributed by atoms with Gasteiger partial charge in [0.2, 0.25) is 0 Å². The number of rotatable bonds is 10. The minimum Gasteiger partial charge on any atom is -0.461 e. The van der Waals surface area contributed by atoms with Crippen molar-refractivity contribution in [3.8, 4) is 0 Å². The van der Waals surface area contributed by atoms with Crippen molar-refractivity contribution in [2.75, 3.05) is 26.4 Å². The Hall–Kier alpha value is -2.20. The molecule has 0 aromatic heterocycles. The van der Waals surface area contributed by atoms with Crippen molar-refractivity contribution < 1.29 is 48.3 Å². The van der Waals surface area contributed by atoms with Gasteiger partial charge in [-0.15, -0.1) is 0 Å². The van der Waals surface area contributed by atoms with E-state index in [9.17, 15) is 19.2 Å². The van der Waals surface area contributed by atoms with Gasteiger partial charge in [-0.05, 0) is 13.8 Å². The number of hydrogen-bond donors (Lipinski definition) is 2. The molecule has 0 bridgehead atoms. The van der Waals surface area contributed by atoms with E-state index in [1.807, 2.05) is 0 Å². The number of ether oxygens (including phenoxy) is 4. The van der Waals surface area contributed by atoms with Crippen LogP contribution in [0.5, 0.6) is 0 Å². The van der Waals surface area contributed by atoms with Gasteiger partial charge in [0, 0.05) is 0 Å². The maximum absolute atomic E-state index is 11.4. The molecule has 2 unspecified atom stereocenters. The average molecular weight is 336 g/mol. The average Bonchev–Trinajstić information content (AvgIpc) is 2.49. The zero-order chi connectivity index (χ0) is 17.8. The lowest BCUT2D eigenvalue weighted by Gasteiger charge is -2.14. The van der Waals surface area contributed by atoms with Crippen LogP contribution < -0.4 is 0 Å². The first kappa shape index (κ1) is 20.8. The fraction of sp³-hybridized carbons (Fsp3) is 0.692. The second-order valence-corrected chi connectivity index (χ2v) is 4.22. The lowest BCUT2D eigenvalue weighted by atomic mass is 10.3. The van der Waals surface area contributed by atoms with E-state index in [1.165, 1.54) is 13.8 Å². The molecule has 10 nitrogen and oxygen atoms in total. The summed E-state index contributed by atoms with van der Waals surface area (Å²) in [5.41, 5.74) is 0. The number of aliphatic hydroxyl groups excluding tert-OH is 2. The largest absolute Gasteiger partial charge is 0.461 e. The Kier molecular flexibility index (Phi) is 10.3. The van der Waals surface area contributed by atoms with Crippen molar-refractivity contribution in [3.63, 3.8) is 0 Å². The molecule has 0 saturated heterocycles. The van der Waals surface area contributed by atoms with Gasteiger partial charge in [0.25, 0.3) is 0 Å². The predicted molar refractivity (Wildman–Crippen MR) is 71.8 cm³/mol. The fourth-order valence-electron chi connectivity index (χ4n) is 1.22. The summed E-state index contributed by atoms with van der Waals surface area (Å²) in [5.74, 6) is -3.83. The third kappa shape index (κ3) is 9.42. The molecule has 0 aliphatic rings. The van der Waals surface area contributed by atoms with E-state index < -0.39 is 42.5 Å². The van der Waals surface area contributed by atoms with Crippen LogP contribution in [0.4, 0.5) is 0 Å². The summed E-state index contributed by atoms with van der Waals surface area (Å²) in [6, 6.07) is 0. The second kappa shape index (κ2) is 11.4. The molecule has 0 heterocycles. The van der Waals surface area contributed by atoms with Gasteiger partial charge in [0.1, 0.15) is 19.6 Å². The highest BCUT2D eigenvalue weighted by Gasteiger charge is 2.24. The summed E-state index contributed by atoms with van der Waals surface area (Å²) in [5, 5.41) is 17.0. The van der Waals surface area contributed by atoms with E-state index >= 15 is 0 Å². The Morgan fingerprint density at radius 2 is 1.13 bits per heavy atom. The summed E-state index contributed by atoms with van der Waals surface area (Å²) in [4.78, 5) is 45.4. The summed E-state index contributed by atoms with van der Waals surface area (Å²) < 4.78 is 18.3. The molecule has 0 aromatic rings. The van der Waals surface area contributed by atoms with Crippen molar-refractivity contribution in [1.29, 1.82) is 0 Å². The van der Waals surface area contributed by atoms with E-state index in [4.69, 9.17) is 10.2 Å². The fourth-order valence-corrected chi connectivity index (χ4v) is 1.22. The molecule has 2 N–H and O–H groups in total. The van der Waals surface area contributed by atoms with Gasteiger partial charge in [0.05, 0.1) is 13.2 Å². The number of carbonyl (C=O) groups is 4. The van der Waals surface area contributed by atoms with Crippen LogP contribution in [0, 0.1) is 0 Å². The lowest BCUT2D eigenvalue weighted by molar-refractivity contribution is -0.174. The quantitative estimate of drug-likeness (QED) is 0.269. The normalized spacial score (nSPS) is 12.7. The molecule has 10 heteroatoms. The summed E-state index contributed by atoms with van der Waals surface area (Å²) in [7, 11) is 0. The van der Waals surface area contributed by atoms with Gasteiger partial charge in [-0.25, -0.2) is 9.59 Å². The SMILES string of the molecule is CC(OC(=O)CC(=O)OC(C)C(=O)OCCO)C(=O)OCCO. The van der Waals surface area contributed by atoms with Gasteiger partial charge in [-0.2, -0.15) is 0 Å². The Morgan fingerprint density at radius 1 is 0.783 bits per heavy atom. The number of carbonyl (C=O) groups excluding carboxylic acids is 4. The molecule has 2 atom stereocenters. The van der Waals surface area contributed by atoms with Gasteiger partial charge >= 0.3 is 23.9 Å². The molecule has 0 aromatic carbocycles. The van der Waals surface area contributed by atoms with Crippen molar-refractivity contribution >= 4 is 23.9 Å². The van der Waals surface area contributed by atoms with Crippen LogP contribution in [0.15, 0.2) is 0 Å². The van der Waals surface area contributed by atoms with E-state index in [2.05, 4.69) is 18.9 Å². The van der Waals surface area contributed by atoms with Crippen LogP contribution in [-0.4, -0.2) is 72.7 Å². The van der Waals surface area contributed by atoms with E-state index in [0.29, 0.717) is 0 Å². The Bertz CT molecular complexity index is 381. The van der Waals surface area contributed by atoms with Gasteiger partial charge in [-0.1, -0.05) is 0 Å². The first-order valence-electron chi connectivity index (χ1n) is 6.75. The molecular weight excluding hydrogens is 316 g/mol. The molecule has 0 fully saturated rings. The third-order valence-corrected chi connectivity index (χ3v) is 2.24. The van der Waals surface area contributed by atoms with Crippen molar-refractivity contribution in [1.82, 2.24) is 0 Å². The van der Waals surface area contributed by atoms with Crippen LogP contribution in [-0.2, 0) is 38.1 Å². The van der Waals surface area contributed by atoms with Gasteiger partial charge in [0.15, 0.2) is 12.2 Å². The molecule has 0 rings (SSSR count). The molecule has 132 valence electrons. The minimum atomic E-state index is -1.26. The van der Waals surface area contributed by atoms with Gasteiger partial charge < -0.3 is 29.2 Å². The molecule has 0 aliphatic carbocycles. The first-order valence-corrected chi connectivity index (χ1v) is 6.75. The second-order valence-electron chi connectivity index (χ2n) is 4.22. The summed E-state index contributed by atoms with van der Waals surface area (Å²) in [6.07, 6.45) is -3.32. The maximum Gasteiger partial charge on any atom is 0.347 e. The highest BCUT2D eigenvalue weighted by Crippen LogP contribution is 2.02. The first-order chi connectivity index (χ1) is 10.8. The monoisotopic (exact) mass is 336 g/mol. The predicted octanol–water partition coefficient (Wildman–Crippen LogP) is -1.69. The highest BCUT2D eigenvalue weighted by atomic mass is 16.6. The van der Waals surface area contributed by atoms with Crippen molar-refractivity contribution in [2.24, 2.45) is 0 Å². The van der Waals surface area contributed by atoms with Crippen molar-refractivity contribution in [2.45, 2.75) is 32.5 Å². The minimum absolute atomic E-state index is 0.240. The van der Waals surface area contributed by atoms with E-state index in [0.717, 1.165) is 0 Å². The van der Waals surface area contributed by atoms with E-state index in [-0.39, 0.29) is 26.4 Å². The molecule has 0 radical (unpaired) electrons. The Labute approximate surface area is 132 Å². The molecule has 0 aliphatic heterocycles. The molecule has 0 saturated carbocycles. The summed E-state index contributed by atoms with van der Waals surface area (Å²) in [6.45, 7) is 1.24. The third-order valence-electron chi connectivity index (χ3n) is 2.24.